The Hall–Kier alpha value is -0.790. The van der Waals surface area contributed by atoms with Gasteiger partial charge in [-0.2, -0.15) is 0 Å². The Morgan fingerprint density at radius 1 is 1.33 bits per heavy atom. The summed E-state index contributed by atoms with van der Waals surface area (Å²) < 4.78 is 0. The summed E-state index contributed by atoms with van der Waals surface area (Å²) >= 11 is 0. The lowest BCUT2D eigenvalue weighted by Gasteiger charge is -1.93. The average Bonchev–Trinajstić information content (AvgIpc) is 1.82. The fraction of sp³-hybridized carbons (Fsp3) is 0.571. The second-order valence-electron chi connectivity index (χ2n) is 1.83. The van der Waals surface area contributed by atoms with Gasteiger partial charge in [-0.05, 0) is 12.8 Å². The van der Waals surface area contributed by atoms with Crippen molar-refractivity contribution in [1.82, 2.24) is 0 Å². The predicted molar refractivity (Wildman–Crippen MR) is 34.4 cm³/mol. The van der Waals surface area contributed by atoms with Crippen LogP contribution < -0.4 is 0 Å². The van der Waals surface area contributed by atoms with E-state index in [1.54, 1.807) is 0 Å². The third-order valence-corrected chi connectivity index (χ3v) is 1.23. The highest BCUT2D eigenvalue weighted by molar-refractivity contribution is 5.80. The van der Waals surface area contributed by atoms with Crippen LogP contribution >= 0.6 is 0 Å². The zero-order valence-electron chi connectivity index (χ0n) is 5.81. The van der Waals surface area contributed by atoms with Gasteiger partial charge in [0.15, 0.2) is 0 Å². The lowest BCUT2D eigenvalue weighted by molar-refractivity contribution is -0.137. The van der Waals surface area contributed by atoms with Gasteiger partial charge < -0.3 is 0 Å². The summed E-state index contributed by atoms with van der Waals surface area (Å²) in [4.78, 5) is 9.94. The van der Waals surface area contributed by atoms with E-state index in [9.17, 15) is 9.90 Å². The molecule has 0 heterocycles. The van der Waals surface area contributed by atoms with Crippen LogP contribution in [0, 0.1) is 0 Å². The van der Waals surface area contributed by atoms with E-state index in [1.165, 1.54) is 6.08 Å². The van der Waals surface area contributed by atoms with Crippen LogP contribution in [0.4, 0.5) is 0 Å². The largest absolute Gasteiger partial charge is 0.379 e. The number of hydrogen-bond acceptors (Lipinski definition) is 1. The minimum Gasteiger partial charge on any atom is -0.242 e. The van der Waals surface area contributed by atoms with Crippen LogP contribution in [-0.2, 0) is 9.90 Å². The smallest absolute Gasteiger partial charge is 0.242 e. The molecule has 0 atom stereocenters. The van der Waals surface area contributed by atoms with E-state index in [-0.39, 0.29) is 0 Å². The molecule has 0 aliphatic rings. The molecule has 0 fully saturated rings. The van der Waals surface area contributed by atoms with Gasteiger partial charge >= 0.3 is 5.97 Å². The summed E-state index contributed by atoms with van der Waals surface area (Å²) in [5, 5.41) is 9.94. The van der Waals surface area contributed by atoms with E-state index < -0.39 is 5.97 Å². The van der Waals surface area contributed by atoms with E-state index in [0.717, 1.165) is 18.4 Å². The minimum absolute atomic E-state index is 0.796. The topological polar surface area (TPSA) is 37.0 Å². The molecule has 0 unspecified atom stereocenters. The van der Waals surface area contributed by atoms with Crippen LogP contribution in [0.1, 0.15) is 26.7 Å². The maximum Gasteiger partial charge on any atom is 0.379 e. The molecule has 2 heteroatoms. The highest BCUT2D eigenvalue weighted by Gasteiger charge is 1.95. The molecule has 0 spiro atoms. The monoisotopic (exact) mass is 127 g/mol. The normalized spacial score (nSPS) is 8.67. The summed E-state index contributed by atoms with van der Waals surface area (Å²) in [6.07, 6.45) is 2.76. The number of hydrogen-bond donors (Lipinski definition) is 0. The van der Waals surface area contributed by atoms with Gasteiger partial charge in [0.1, 0.15) is 0 Å². The van der Waals surface area contributed by atoms with Gasteiger partial charge in [0.25, 0.3) is 0 Å². The van der Waals surface area contributed by atoms with E-state index in [2.05, 4.69) is 0 Å². The minimum atomic E-state index is -1.09. The van der Waals surface area contributed by atoms with E-state index >= 15 is 0 Å². The molecule has 0 aromatic carbocycles. The maximum atomic E-state index is 9.94. The quantitative estimate of drug-likeness (QED) is 0.531. The number of carbonyl (C=O) groups excluding carboxylic acids is 1. The van der Waals surface area contributed by atoms with Crippen molar-refractivity contribution in [2.45, 2.75) is 26.7 Å². The van der Waals surface area contributed by atoms with Gasteiger partial charge in [-0.15, -0.1) is 0 Å². The fourth-order valence-corrected chi connectivity index (χ4v) is 0.621. The molecule has 51 valence electrons. The Labute approximate surface area is 55.2 Å². The Morgan fingerprint density at radius 3 is 1.89 bits per heavy atom. The summed E-state index contributed by atoms with van der Waals surface area (Å²) in [5.74, 6) is -1.09. The van der Waals surface area contributed by atoms with Crippen molar-refractivity contribution in [1.29, 1.82) is 0 Å². The van der Waals surface area contributed by atoms with Crippen molar-refractivity contribution < 1.29 is 9.90 Å². The molecule has 0 rings (SSSR count). The van der Waals surface area contributed by atoms with Crippen molar-refractivity contribution in [3.8, 4) is 0 Å². The van der Waals surface area contributed by atoms with Crippen LogP contribution in [0.15, 0.2) is 11.6 Å². The van der Waals surface area contributed by atoms with Crippen LogP contribution in [0.2, 0.25) is 0 Å². The molecule has 0 aromatic rings. The van der Waals surface area contributed by atoms with Gasteiger partial charge in [-0.3, -0.25) is 0 Å². The SMILES string of the molecule is CCC(=CC([O])=O)CC. The van der Waals surface area contributed by atoms with Gasteiger partial charge in [0.2, 0.25) is 0 Å². The molecule has 9 heavy (non-hydrogen) atoms. The van der Waals surface area contributed by atoms with Gasteiger partial charge in [0, 0.05) is 6.08 Å². The van der Waals surface area contributed by atoms with Crippen LogP contribution in [0.5, 0.6) is 0 Å². The molecule has 0 aliphatic carbocycles. The number of carbonyl (C=O) groups is 1. The van der Waals surface area contributed by atoms with Crippen molar-refractivity contribution in [2.24, 2.45) is 0 Å². The maximum absolute atomic E-state index is 9.94. The van der Waals surface area contributed by atoms with Gasteiger partial charge in [-0.1, -0.05) is 19.4 Å². The molecule has 2 nitrogen and oxygen atoms in total. The first kappa shape index (κ1) is 8.21. The summed E-state index contributed by atoms with van der Waals surface area (Å²) in [6, 6.07) is 0. The molecule has 0 amide bonds. The van der Waals surface area contributed by atoms with E-state index in [4.69, 9.17) is 0 Å². The Bertz CT molecular complexity index is 119. The third kappa shape index (κ3) is 3.76. The zero-order chi connectivity index (χ0) is 7.28. The van der Waals surface area contributed by atoms with Gasteiger partial charge in [0.05, 0.1) is 0 Å². The molecular weight excluding hydrogens is 116 g/mol. The first-order valence-corrected chi connectivity index (χ1v) is 3.11. The molecule has 0 bridgehead atoms. The summed E-state index contributed by atoms with van der Waals surface area (Å²) in [5.41, 5.74) is 0.926. The summed E-state index contributed by atoms with van der Waals surface area (Å²) in [6.45, 7) is 3.86. The van der Waals surface area contributed by atoms with Crippen LogP contribution in [0.3, 0.4) is 0 Å². The van der Waals surface area contributed by atoms with Gasteiger partial charge in [-0.25, -0.2) is 9.90 Å². The molecule has 0 aromatic heterocycles. The molecule has 0 saturated heterocycles. The van der Waals surface area contributed by atoms with E-state index in [0.29, 0.717) is 0 Å². The second kappa shape index (κ2) is 4.13. The van der Waals surface area contributed by atoms with Crippen molar-refractivity contribution in [3.05, 3.63) is 11.6 Å². The lowest BCUT2D eigenvalue weighted by Crippen LogP contribution is -1.88. The highest BCUT2D eigenvalue weighted by Crippen LogP contribution is 2.03. The first-order chi connectivity index (χ1) is 4.20. The highest BCUT2D eigenvalue weighted by atomic mass is 16.4. The Balaban J connectivity index is 3.91. The molecule has 0 N–H and O–H groups in total. The summed E-state index contributed by atoms with van der Waals surface area (Å²) in [7, 11) is 0. The van der Waals surface area contributed by atoms with E-state index in [1.807, 2.05) is 13.8 Å². The predicted octanol–water partition coefficient (Wildman–Crippen LogP) is 1.69. The standard InChI is InChI=1S/C7H11O2/c1-3-6(4-2)5-7(8)9/h5H,3-4H2,1-2H3. The van der Waals surface area contributed by atoms with Crippen LogP contribution in [0.25, 0.3) is 0 Å². The van der Waals surface area contributed by atoms with Crippen molar-refractivity contribution in [3.63, 3.8) is 0 Å². The zero-order valence-corrected chi connectivity index (χ0v) is 5.81. The number of allylic oxidation sites excluding steroid dienone is 1. The molecule has 0 saturated carbocycles. The second-order valence-corrected chi connectivity index (χ2v) is 1.83. The molecule has 1 radical (unpaired) electrons. The van der Waals surface area contributed by atoms with Crippen LogP contribution in [-0.4, -0.2) is 5.97 Å². The third-order valence-electron chi connectivity index (χ3n) is 1.23. The molecular formula is C7H11O2. The Morgan fingerprint density at radius 2 is 1.78 bits per heavy atom. The Kier molecular flexibility index (Phi) is 3.76. The average molecular weight is 127 g/mol. The van der Waals surface area contributed by atoms with Crippen molar-refractivity contribution >= 4 is 5.97 Å². The number of rotatable bonds is 3. The van der Waals surface area contributed by atoms with Crippen molar-refractivity contribution in [2.75, 3.05) is 0 Å². The first-order valence-electron chi connectivity index (χ1n) is 3.11. The molecule has 0 aliphatic heterocycles. The fourth-order valence-electron chi connectivity index (χ4n) is 0.621. The lowest BCUT2D eigenvalue weighted by atomic mass is 10.1.